The summed E-state index contributed by atoms with van der Waals surface area (Å²) in [5, 5.41) is 10.3. The lowest BCUT2D eigenvalue weighted by Crippen LogP contribution is -2.78. The predicted octanol–water partition coefficient (Wildman–Crippen LogP) is -2.91. The van der Waals surface area contributed by atoms with Crippen molar-refractivity contribution in [3.05, 3.63) is 0 Å². The molecule has 0 fully saturated rings. The Morgan fingerprint density at radius 1 is 1.25 bits per heavy atom. The van der Waals surface area contributed by atoms with Crippen LogP contribution in [0.4, 0.5) is 0 Å². The maximum atomic E-state index is 8.29. The van der Waals surface area contributed by atoms with Gasteiger partial charge in [-0.25, -0.2) is 4.99 Å². The quantitative estimate of drug-likeness (QED) is 0.192. The van der Waals surface area contributed by atoms with Crippen LogP contribution in [0.2, 0.25) is 0 Å². The summed E-state index contributed by atoms with van der Waals surface area (Å²) in [5.74, 6) is 0. The summed E-state index contributed by atoms with van der Waals surface area (Å²) in [4.78, 5) is 2.87. The number of hydrogen-bond donors (Lipinski definition) is 3. The van der Waals surface area contributed by atoms with Crippen LogP contribution in [-0.2, 0) is 0 Å². The molecule has 0 heterocycles. The van der Waals surface area contributed by atoms with Crippen molar-refractivity contribution >= 4 is 11.4 Å². The van der Waals surface area contributed by atoms with Gasteiger partial charge in [-0.15, -0.1) is 0 Å². The zero-order valence-corrected chi connectivity index (χ0v) is 5.45. The van der Waals surface area contributed by atoms with Crippen molar-refractivity contribution in [3.8, 4) is 0 Å². The van der Waals surface area contributed by atoms with Gasteiger partial charge < -0.3 is 0 Å². The van der Waals surface area contributed by atoms with Crippen molar-refractivity contribution in [1.82, 2.24) is 0 Å². The molecule has 0 aromatic heterocycles. The van der Waals surface area contributed by atoms with E-state index in [1.165, 1.54) is 0 Å². The third-order valence-electron chi connectivity index (χ3n) is 1.11. The van der Waals surface area contributed by atoms with Crippen LogP contribution >= 0.6 is 0 Å². The van der Waals surface area contributed by atoms with E-state index in [1.54, 1.807) is 14.0 Å². The van der Waals surface area contributed by atoms with Gasteiger partial charge in [0, 0.05) is 13.8 Å². The molecule has 0 radical (unpaired) electrons. The van der Waals surface area contributed by atoms with Crippen LogP contribution in [0, 0.1) is 0 Å². The van der Waals surface area contributed by atoms with E-state index in [2.05, 4.69) is 4.99 Å². The molecule has 0 saturated carbocycles. The van der Waals surface area contributed by atoms with Crippen LogP contribution in [-0.4, -0.2) is 23.7 Å². The summed E-state index contributed by atoms with van der Waals surface area (Å²) >= 11 is 0. The number of hydrogen-bond acceptors (Lipinski definition) is 1. The highest BCUT2D eigenvalue weighted by Gasteiger charge is 2.05. The molecule has 0 amide bonds. The second-order valence-electron chi connectivity index (χ2n) is 1.61. The lowest BCUT2D eigenvalue weighted by Gasteiger charge is -1.77. The molecule has 0 saturated heterocycles. The second-order valence-corrected chi connectivity index (χ2v) is 1.61. The molecule has 0 aliphatic heterocycles. The Kier molecular flexibility index (Phi) is 2.84. The highest BCUT2D eigenvalue weighted by Crippen LogP contribution is 1.59. The maximum Gasteiger partial charge on any atom is 0.286 e. The van der Waals surface area contributed by atoms with E-state index < -0.39 is 0 Å². The molecule has 0 bridgehead atoms. The van der Waals surface area contributed by atoms with Crippen LogP contribution in [0.25, 0.3) is 0 Å². The smallest absolute Gasteiger partial charge is 0.286 e. The molecule has 0 spiro atoms. The fourth-order valence-corrected chi connectivity index (χ4v) is 0.271. The zero-order valence-electron chi connectivity index (χ0n) is 5.45. The van der Waals surface area contributed by atoms with Gasteiger partial charge >= 0.3 is 0 Å². The van der Waals surface area contributed by atoms with Crippen molar-refractivity contribution in [2.45, 2.75) is 13.8 Å². The van der Waals surface area contributed by atoms with Crippen molar-refractivity contribution in [3.63, 3.8) is 0 Å². The number of nitrogens with one attached hydrogen (secondary N) is 2. The van der Waals surface area contributed by atoms with Gasteiger partial charge in [0.05, 0.1) is 0 Å². The first-order valence-electron chi connectivity index (χ1n) is 2.47. The summed E-state index contributed by atoms with van der Waals surface area (Å²) in [6.45, 7) is 3.66. The van der Waals surface area contributed by atoms with Crippen molar-refractivity contribution in [1.29, 1.82) is 0 Å². The molecule has 8 heavy (non-hydrogen) atoms. The average Bonchev–Trinajstić information content (AvgIpc) is 1.84. The molecule has 0 aromatic carbocycles. The van der Waals surface area contributed by atoms with E-state index in [9.17, 15) is 0 Å². The van der Waals surface area contributed by atoms with Crippen LogP contribution < -0.4 is 10.1 Å². The van der Waals surface area contributed by atoms with Crippen LogP contribution in [0.5, 0.6) is 0 Å². The molecule has 0 aromatic rings. The van der Waals surface area contributed by atoms with Crippen molar-refractivity contribution in [2.24, 2.45) is 0 Å². The van der Waals surface area contributed by atoms with Crippen molar-refractivity contribution in [2.75, 3.05) is 7.05 Å². The minimum Gasteiger partial charge on any atom is -0.292 e. The van der Waals surface area contributed by atoms with Crippen LogP contribution in [0.3, 0.4) is 0 Å². The first kappa shape index (κ1) is 7.14. The summed E-state index contributed by atoms with van der Waals surface area (Å²) in [6.07, 6.45) is 0. The topological polar surface area (TPSA) is 48.2 Å². The SMILES string of the molecule is C[NH+]=C(C)C(C)=[NH+]O. The van der Waals surface area contributed by atoms with E-state index in [0.717, 1.165) is 11.4 Å². The fourth-order valence-electron chi connectivity index (χ4n) is 0.271. The molecule has 3 heteroatoms. The van der Waals surface area contributed by atoms with E-state index in [1.807, 2.05) is 12.1 Å². The third-order valence-corrected chi connectivity index (χ3v) is 1.11. The van der Waals surface area contributed by atoms with E-state index in [0.29, 0.717) is 0 Å². The van der Waals surface area contributed by atoms with Gasteiger partial charge in [-0.3, -0.25) is 5.21 Å². The monoisotopic (exact) mass is 116 g/mol. The maximum absolute atomic E-state index is 8.29. The Balaban J connectivity index is 4.04. The first-order chi connectivity index (χ1) is 3.72. The molecule has 0 unspecified atom stereocenters. The van der Waals surface area contributed by atoms with Gasteiger partial charge in [0.25, 0.3) is 5.71 Å². The molecular formula is C5H12N2O+2. The van der Waals surface area contributed by atoms with Gasteiger partial charge in [-0.2, -0.15) is 0 Å². The minimum atomic E-state index is 0.743. The summed E-state index contributed by atoms with van der Waals surface area (Å²) in [5.41, 5.74) is 1.68. The van der Waals surface area contributed by atoms with Crippen molar-refractivity contribution < 1.29 is 15.4 Å². The third kappa shape index (κ3) is 1.73. The standard InChI is InChI=1S/C5H10N2O/c1-4(6-3)5(2)7-8/h8H,1-3H3/p+2. The summed E-state index contributed by atoms with van der Waals surface area (Å²) in [6, 6.07) is 0. The van der Waals surface area contributed by atoms with Crippen LogP contribution in [0.1, 0.15) is 13.8 Å². The molecule has 3 N–H and O–H groups in total. The van der Waals surface area contributed by atoms with Crippen LogP contribution in [0.15, 0.2) is 0 Å². The lowest BCUT2D eigenvalue weighted by molar-refractivity contribution is -0.737. The Morgan fingerprint density at radius 3 is 1.88 bits per heavy atom. The molecule has 0 atom stereocenters. The Bertz CT molecular complexity index is 110. The molecule has 0 rings (SSSR count). The Labute approximate surface area is 48.7 Å². The Hall–Kier alpha value is -0.860. The molecule has 46 valence electrons. The summed E-state index contributed by atoms with van der Waals surface area (Å²) < 4.78 is 0. The normalized spacial score (nSPS) is 14.4. The fraction of sp³-hybridized carbons (Fsp3) is 0.600. The van der Waals surface area contributed by atoms with Gasteiger partial charge in [0.15, 0.2) is 0 Å². The average molecular weight is 116 g/mol. The van der Waals surface area contributed by atoms with E-state index >= 15 is 0 Å². The van der Waals surface area contributed by atoms with Gasteiger partial charge in [0.1, 0.15) is 7.05 Å². The highest BCUT2D eigenvalue weighted by molar-refractivity contribution is 6.35. The Morgan fingerprint density at radius 2 is 1.75 bits per heavy atom. The predicted molar refractivity (Wildman–Crippen MR) is 31.0 cm³/mol. The minimum absolute atomic E-state index is 0.743. The molecule has 0 aliphatic carbocycles. The zero-order chi connectivity index (χ0) is 6.57. The second kappa shape index (κ2) is 3.18. The molecular weight excluding hydrogens is 104 g/mol. The first-order valence-corrected chi connectivity index (χ1v) is 2.47. The van der Waals surface area contributed by atoms with Gasteiger partial charge in [-0.1, -0.05) is 0 Å². The lowest BCUT2D eigenvalue weighted by atomic mass is 10.3. The van der Waals surface area contributed by atoms with Gasteiger partial charge in [-0.05, 0) is 5.16 Å². The molecule has 3 nitrogen and oxygen atoms in total. The molecule has 0 aliphatic rings. The highest BCUT2D eigenvalue weighted by atomic mass is 16.4. The largest absolute Gasteiger partial charge is 0.292 e. The van der Waals surface area contributed by atoms with E-state index in [4.69, 9.17) is 5.21 Å². The summed E-state index contributed by atoms with van der Waals surface area (Å²) in [7, 11) is 1.80. The number of rotatable bonds is 1. The van der Waals surface area contributed by atoms with E-state index in [-0.39, 0.29) is 0 Å². The van der Waals surface area contributed by atoms with Gasteiger partial charge in [0.2, 0.25) is 5.71 Å².